The summed E-state index contributed by atoms with van der Waals surface area (Å²) in [5.41, 5.74) is 8.20. The van der Waals surface area contributed by atoms with Crippen LogP contribution in [0.2, 0.25) is 0 Å². The van der Waals surface area contributed by atoms with Gasteiger partial charge in [0, 0.05) is 30.1 Å². The summed E-state index contributed by atoms with van der Waals surface area (Å²) in [7, 11) is 0. The van der Waals surface area contributed by atoms with Crippen molar-refractivity contribution in [2.24, 2.45) is 11.7 Å². The number of hydrogen-bond donors (Lipinski definition) is 1. The molecule has 4 nitrogen and oxygen atoms in total. The van der Waals surface area contributed by atoms with Crippen LogP contribution in [0.15, 0.2) is 6.20 Å². The van der Waals surface area contributed by atoms with E-state index in [-0.39, 0.29) is 11.6 Å². The summed E-state index contributed by atoms with van der Waals surface area (Å²) in [4.78, 5) is 9.55. The fraction of sp³-hybridized carbons (Fsp3) is 0.765. The summed E-state index contributed by atoms with van der Waals surface area (Å²) >= 11 is 0. The highest BCUT2D eigenvalue weighted by molar-refractivity contribution is 5.25. The van der Waals surface area contributed by atoms with Gasteiger partial charge >= 0.3 is 0 Å². The Morgan fingerprint density at radius 3 is 2.81 bits per heavy atom. The molecular formula is C17H27N3O. The molecule has 0 bridgehead atoms. The van der Waals surface area contributed by atoms with Gasteiger partial charge in [-0.2, -0.15) is 0 Å². The SMILES string of the molecule is CCOC1(c2ncc3c(n2)CCCC3N)CCC(C)CC1. The van der Waals surface area contributed by atoms with Crippen molar-refractivity contribution in [3.05, 3.63) is 23.3 Å². The molecular weight excluding hydrogens is 262 g/mol. The Morgan fingerprint density at radius 2 is 2.10 bits per heavy atom. The van der Waals surface area contributed by atoms with Gasteiger partial charge in [0.15, 0.2) is 5.82 Å². The van der Waals surface area contributed by atoms with Gasteiger partial charge in [-0.3, -0.25) is 0 Å². The molecule has 2 N–H and O–H groups in total. The van der Waals surface area contributed by atoms with Gasteiger partial charge in [0.25, 0.3) is 0 Å². The van der Waals surface area contributed by atoms with Gasteiger partial charge in [-0.25, -0.2) is 9.97 Å². The lowest BCUT2D eigenvalue weighted by Crippen LogP contribution is -2.37. The van der Waals surface area contributed by atoms with Gasteiger partial charge in [-0.05, 0) is 57.8 Å². The second kappa shape index (κ2) is 6.01. The van der Waals surface area contributed by atoms with Gasteiger partial charge in [0.1, 0.15) is 5.60 Å². The molecule has 2 aliphatic carbocycles. The van der Waals surface area contributed by atoms with Crippen molar-refractivity contribution in [2.75, 3.05) is 6.61 Å². The molecule has 0 aromatic carbocycles. The second-order valence-corrected chi connectivity index (χ2v) is 6.70. The summed E-state index contributed by atoms with van der Waals surface area (Å²) in [5.74, 6) is 1.67. The van der Waals surface area contributed by atoms with Crippen LogP contribution in [-0.4, -0.2) is 16.6 Å². The highest BCUT2D eigenvalue weighted by Crippen LogP contribution is 2.41. The number of aryl methyl sites for hydroxylation is 1. The summed E-state index contributed by atoms with van der Waals surface area (Å²) in [6, 6.07) is 0.109. The van der Waals surface area contributed by atoms with Crippen LogP contribution in [0.1, 0.15) is 75.5 Å². The standard InChI is InChI=1S/C17H27N3O/c1-3-21-17(9-7-12(2)8-10-17)16-19-11-13-14(18)5-4-6-15(13)20-16/h11-12,14H,3-10,18H2,1-2H3. The van der Waals surface area contributed by atoms with Crippen molar-refractivity contribution in [2.45, 2.75) is 70.4 Å². The lowest BCUT2D eigenvalue weighted by molar-refractivity contribution is -0.0839. The predicted molar refractivity (Wildman–Crippen MR) is 82.8 cm³/mol. The maximum atomic E-state index is 6.17. The Bertz CT molecular complexity index is 495. The fourth-order valence-corrected chi connectivity index (χ4v) is 3.74. The first-order chi connectivity index (χ1) is 10.1. The van der Waals surface area contributed by atoms with Crippen molar-refractivity contribution in [3.8, 4) is 0 Å². The van der Waals surface area contributed by atoms with Gasteiger partial charge < -0.3 is 10.5 Å². The van der Waals surface area contributed by atoms with E-state index in [1.807, 2.05) is 6.20 Å². The van der Waals surface area contributed by atoms with Crippen molar-refractivity contribution in [1.29, 1.82) is 0 Å². The minimum Gasteiger partial charge on any atom is -0.367 e. The van der Waals surface area contributed by atoms with E-state index in [9.17, 15) is 0 Å². The Balaban J connectivity index is 1.93. The van der Waals surface area contributed by atoms with E-state index < -0.39 is 0 Å². The largest absolute Gasteiger partial charge is 0.367 e. The van der Waals surface area contributed by atoms with Crippen LogP contribution < -0.4 is 5.73 Å². The Kier molecular flexibility index (Phi) is 4.27. The molecule has 1 aromatic heterocycles. The first-order valence-electron chi connectivity index (χ1n) is 8.40. The first-order valence-corrected chi connectivity index (χ1v) is 8.40. The summed E-state index contributed by atoms with van der Waals surface area (Å²) in [5, 5.41) is 0. The van der Waals surface area contributed by atoms with E-state index in [1.54, 1.807) is 0 Å². The molecule has 1 unspecified atom stereocenters. The lowest BCUT2D eigenvalue weighted by Gasteiger charge is -2.38. The van der Waals surface area contributed by atoms with Crippen LogP contribution in [0.3, 0.4) is 0 Å². The molecule has 1 aromatic rings. The smallest absolute Gasteiger partial charge is 0.160 e. The third kappa shape index (κ3) is 2.84. The molecule has 2 aliphatic rings. The van der Waals surface area contributed by atoms with E-state index in [4.69, 9.17) is 15.5 Å². The maximum absolute atomic E-state index is 6.17. The number of fused-ring (bicyclic) bond motifs is 1. The van der Waals surface area contributed by atoms with Gasteiger partial charge in [-0.1, -0.05) is 6.92 Å². The Hall–Kier alpha value is -1.00. The normalized spacial score (nSPS) is 32.7. The first kappa shape index (κ1) is 14.9. The lowest BCUT2D eigenvalue weighted by atomic mass is 9.78. The molecule has 21 heavy (non-hydrogen) atoms. The zero-order chi connectivity index (χ0) is 14.9. The third-order valence-corrected chi connectivity index (χ3v) is 5.14. The van der Waals surface area contributed by atoms with Gasteiger partial charge in [-0.15, -0.1) is 0 Å². The molecule has 0 saturated heterocycles. The topological polar surface area (TPSA) is 61.0 Å². The molecule has 1 saturated carbocycles. The number of ether oxygens (including phenoxy) is 1. The van der Waals surface area contributed by atoms with Crippen molar-refractivity contribution in [1.82, 2.24) is 9.97 Å². The van der Waals surface area contributed by atoms with E-state index in [2.05, 4.69) is 18.8 Å². The highest BCUT2D eigenvalue weighted by Gasteiger charge is 2.39. The number of rotatable bonds is 3. The van der Waals surface area contributed by atoms with Crippen molar-refractivity contribution < 1.29 is 4.74 Å². The van der Waals surface area contributed by atoms with Crippen molar-refractivity contribution in [3.63, 3.8) is 0 Å². The fourth-order valence-electron chi connectivity index (χ4n) is 3.74. The molecule has 1 atom stereocenters. The highest BCUT2D eigenvalue weighted by atomic mass is 16.5. The van der Waals surface area contributed by atoms with E-state index >= 15 is 0 Å². The third-order valence-electron chi connectivity index (χ3n) is 5.14. The van der Waals surface area contributed by atoms with Gasteiger partial charge in [0.05, 0.1) is 0 Å². The number of aromatic nitrogens is 2. The van der Waals surface area contributed by atoms with Crippen LogP contribution in [0.4, 0.5) is 0 Å². The molecule has 0 spiro atoms. The summed E-state index contributed by atoms with van der Waals surface area (Å²) in [6.45, 7) is 5.10. The predicted octanol–water partition coefficient (Wildman–Crippen LogP) is 3.25. The molecule has 1 heterocycles. The summed E-state index contributed by atoms with van der Waals surface area (Å²) < 4.78 is 6.17. The number of nitrogens with two attached hydrogens (primary N) is 1. The maximum Gasteiger partial charge on any atom is 0.160 e. The van der Waals surface area contributed by atoms with Crippen molar-refractivity contribution >= 4 is 0 Å². The summed E-state index contributed by atoms with van der Waals surface area (Å²) in [6.07, 6.45) is 9.62. The molecule has 1 fully saturated rings. The quantitative estimate of drug-likeness (QED) is 0.928. The van der Waals surface area contributed by atoms with Crippen LogP contribution in [-0.2, 0) is 16.8 Å². The Labute approximate surface area is 127 Å². The van der Waals surface area contributed by atoms with Crippen LogP contribution in [0, 0.1) is 5.92 Å². The molecule has 0 radical (unpaired) electrons. The van der Waals surface area contributed by atoms with E-state index in [0.717, 1.165) is 55.1 Å². The van der Waals surface area contributed by atoms with E-state index in [0.29, 0.717) is 6.61 Å². The molecule has 0 amide bonds. The number of nitrogens with zero attached hydrogens (tertiary/aromatic N) is 2. The molecule has 116 valence electrons. The average molecular weight is 289 g/mol. The second-order valence-electron chi connectivity index (χ2n) is 6.70. The minimum atomic E-state index is -0.266. The van der Waals surface area contributed by atoms with Crippen LogP contribution in [0.5, 0.6) is 0 Å². The molecule has 0 aliphatic heterocycles. The molecule has 3 rings (SSSR count). The Morgan fingerprint density at radius 1 is 1.33 bits per heavy atom. The zero-order valence-corrected chi connectivity index (χ0v) is 13.3. The molecule has 4 heteroatoms. The number of hydrogen-bond acceptors (Lipinski definition) is 4. The minimum absolute atomic E-state index is 0.109. The van der Waals surface area contributed by atoms with Gasteiger partial charge in [0.2, 0.25) is 0 Å². The monoisotopic (exact) mass is 289 g/mol. The van der Waals surface area contributed by atoms with Crippen LogP contribution in [0.25, 0.3) is 0 Å². The van der Waals surface area contributed by atoms with Crippen LogP contribution >= 0.6 is 0 Å². The average Bonchev–Trinajstić information content (AvgIpc) is 2.50. The van der Waals surface area contributed by atoms with E-state index in [1.165, 1.54) is 12.8 Å². The zero-order valence-electron chi connectivity index (χ0n) is 13.3.